The smallest absolute Gasteiger partial charge is 0.315 e. The van der Waals surface area contributed by atoms with Gasteiger partial charge in [-0.2, -0.15) is 0 Å². The summed E-state index contributed by atoms with van der Waals surface area (Å²) in [5, 5.41) is 14.6. The molecule has 28 heavy (non-hydrogen) atoms. The molecule has 0 aliphatic rings. The van der Waals surface area contributed by atoms with Crippen LogP contribution in [0.2, 0.25) is 0 Å². The summed E-state index contributed by atoms with van der Waals surface area (Å²) in [6.45, 7) is 0. The van der Waals surface area contributed by atoms with E-state index >= 15 is 0 Å². The fraction of sp³-hybridized carbons (Fsp3) is 0.286. The van der Waals surface area contributed by atoms with Gasteiger partial charge in [-0.3, -0.25) is 9.59 Å². The fourth-order valence-corrected chi connectivity index (χ4v) is 2.95. The molecular weight excluding hydrogens is 358 g/mol. The maximum absolute atomic E-state index is 12.5. The number of carboxylic acids is 1. The average molecular weight is 383 g/mol. The number of nitrogens with one attached hydrogen (secondary N) is 2. The first kappa shape index (κ1) is 21.0. The highest BCUT2D eigenvalue weighted by molar-refractivity contribution is 5.78. The van der Waals surface area contributed by atoms with Crippen molar-refractivity contribution in [1.29, 1.82) is 0 Å². The number of carbonyl (C=O) groups excluding carboxylic acids is 2. The Morgan fingerprint density at radius 1 is 0.929 bits per heavy atom. The molecule has 0 saturated carbocycles. The van der Waals surface area contributed by atoms with Crippen LogP contribution in [0, 0.1) is 0 Å². The minimum atomic E-state index is -0.920. The van der Waals surface area contributed by atoms with Gasteiger partial charge < -0.3 is 21.5 Å². The molecule has 3 amide bonds. The van der Waals surface area contributed by atoms with Crippen LogP contribution in [0.1, 0.15) is 36.4 Å². The third-order valence-electron chi connectivity index (χ3n) is 4.28. The lowest BCUT2D eigenvalue weighted by molar-refractivity contribution is -0.137. The Morgan fingerprint density at radius 2 is 1.54 bits per heavy atom. The van der Waals surface area contributed by atoms with Crippen molar-refractivity contribution >= 4 is 17.9 Å². The van der Waals surface area contributed by atoms with Gasteiger partial charge in [0, 0.05) is 12.5 Å². The Labute approximate surface area is 163 Å². The number of hydrogen-bond acceptors (Lipinski definition) is 3. The van der Waals surface area contributed by atoms with Gasteiger partial charge >= 0.3 is 12.0 Å². The van der Waals surface area contributed by atoms with Crippen molar-refractivity contribution in [2.75, 3.05) is 0 Å². The van der Waals surface area contributed by atoms with Gasteiger partial charge in [-0.1, -0.05) is 60.7 Å². The summed E-state index contributed by atoms with van der Waals surface area (Å²) in [6.07, 6.45) is 0.716. The summed E-state index contributed by atoms with van der Waals surface area (Å²) in [4.78, 5) is 34.9. The molecule has 2 atom stereocenters. The average Bonchev–Trinajstić information content (AvgIpc) is 2.66. The van der Waals surface area contributed by atoms with Crippen LogP contribution in [0.3, 0.4) is 0 Å². The summed E-state index contributed by atoms with van der Waals surface area (Å²) in [7, 11) is 0. The Hall–Kier alpha value is -3.35. The van der Waals surface area contributed by atoms with Gasteiger partial charge in [-0.05, 0) is 24.0 Å². The van der Waals surface area contributed by atoms with Crippen molar-refractivity contribution in [3.05, 3.63) is 71.8 Å². The number of amides is 3. The lowest BCUT2D eigenvalue weighted by atomic mass is 10.0. The summed E-state index contributed by atoms with van der Waals surface area (Å²) in [5.74, 6) is -1.45. The van der Waals surface area contributed by atoms with Crippen LogP contribution in [0.25, 0.3) is 0 Å². The van der Waals surface area contributed by atoms with Crippen LogP contribution in [-0.4, -0.2) is 29.1 Å². The van der Waals surface area contributed by atoms with Gasteiger partial charge in [0.25, 0.3) is 0 Å². The van der Waals surface area contributed by atoms with Gasteiger partial charge in [0.05, 0.1) is 12.5 Å². The quantitative estimate of drug-likeness (QED) is 0.503. The van der Waals surface area contributed by atoms with Crippen LogP contribution in [0.5, 0.6) is 0 Å². The summed E-state index contributed by atoms with van der Waals surface area (Å²) >= 11 is 0. The lowest BCUT2D eigenvalue weighted by Gasteiger charge is -2.22. The molecule has 0 aliphatic heterocycles. The van der Waals surface area contributed by atoms with Crippen molar-refractivity contribution in [3.63, 3.8) is 0 Å². The molecule has 0 heterocycles. The normalized spacial score (nSPS) is 12.6. The van der Waals surface area contributed by atoms with Crippen molar-refractivity contribution in [1.82, 2.24) is 10.6 Å². The minimum absolute atomic E-state index is 0.0318. The Bertz CT molecular complexity index is 781. The molecule has 2 aromatic carbocycles. The number of urea groups is 1. The van der Waals surface area contributed by atoms with Crippen LogP contribution in [0.4, 0.5) is 4.79 Å². The first-order valence-corrected chi connectivity index (χ1v) is 9.10. The molecule has 7 nitrogen and oxygen atoms in total. The highest BCUT2D eigenvalue weighted by atomic mass is 16.4. The number of carbonyl (C=O) groups is 3. The van der Waals surface area contributed by atoms with Gasteiger partial charge in [0.1, 0.15) is 0 Å². The second-order valence-electron chi connectivity index (χ2n) is 6.57. The predicted octanol–water partition coefficient (Wildman–Crippen LogP) is 2.38. The number of hydrogen-bond donors (Lipinski definition) is 4. The highest BCUT2D eigenvalue weighted by Gasteiger charge is 2.20. The molecule has 7 heteroatoms. The third-order valence-corrected chi connectivity index (χ3v) is 4.28. The second-order valence-corrected chi connectivity index (χ2v) is 6.57. The molecule has 0 saturated heterocycles. The molecule has 5 N–H and O–H groups in total. The van der Waals surface area contributed by atoms with Gasteiger partial charge in [0.15, 0.2) is 0 Å². The van der Waals surface area contributed by atoms with E-state index in [-0.39, 0.29) is 18.9 Å². The molecule has 0 spiro atoms. The summed E-state index contributed by atoms with van der Waals surface area (Å²) in [6, 6.07) is 17.2. The van der Waals surface area contributed by atoms with E-state index < -0.39 is 23.9 Å². The third kappa shape index (κ3) is 7.49. The SMILES string of the molecule is NC(=O)C[C@@H](NC(=O)NC(CCC(=O)O)Cc1ccccc1)c1ccccc1. The summed E-state index contributed by atoms with van der Waals surface area (Å²) < 4.78 is 0. The Kier molecular flexibility index (Phi) is 8.02. The van der Waals surface area contributed by atoms with Crippen LogP contribution in [-0.2, 0) is 16.0 Å². The van der Waals surface area contributed by atoms with Crippen molar-refractivity contribution < 1.29 is 19.5 Å². The molecule has 0 aromatic heterocycles. The number of rotatable bonds is 10. The van der Waals surface area contributed by atoms with E-state index in [1.807, 2.05) is 48.5 Å². The number of benzene rings is 2. The zero-order chi connectivity index (χ0) is 20.4. The standard InChI is InChI=1S/C21H25N3O4/c22-19(25)14-18(16-9-5-2-6-10-16)24-21(28)23-17(11-12-20(26)27)13-15-7-3-1-4-8-15/h1-10,17-18H,11-14H2,(H2,22,25)(H,26,27)(H2,23,24,28)/t17?,18-/m1/s1. The second kappa shape index (κ2) is 10.7. The van der Waals surface area contributed by atoms with E-state index in [0.717, 1.165) is 11.1 Å². The van der Waals surface area contributed by atoms with Crippen molar-refractivity contribution in [2.45, 2.75) is 37.8 Å². The Morgan fingerprint density at radius 3 is 2.11 bits per heavy atom. The van der Waals surface area contributed by atoms with E-state index in [0.29, 0.717) is 12.8 Å². The molecule has 0 aliphatic carbocycles. The first-order valence-electron chi connectivity index (χ1n) is 9.10. The first-order chi connectivity index (χ1) is 13.4. The van der Waals surface area contributed by atoms with E-state index in [1.54, 1.807) is 12.1 Å². The van der Waals surface area contributed by atoms with Crippen LogP contribution < -0.4 is 16.4 Å². The van der Waals surface area contributed by atoms with E-state index in [1.165, 1.54) is 0 Å². The van der Waals surface area contributed by atoms with Crippen molar-refractivity contribution in [2.24, 2.45) is 5.73 Å². The maximum Gasteiger partial charge on any atom is 0.315 e. The number of primary amides is 1. The molecule has 2 aromatic rings. The number of nitrogens with two attached hydrogens (primary N) is 1. The zero-order valence-electron chi connectivity index (χ0n) is 15.5. The maximum atomic E-state index is 12.5. The highest BCUT2D eigenvalue weighted by Crippen LogP contribution is 2.16. The minimum Gasteiger partial charge on any atom is -0.481 e. The molecule has 1 unspecified atom stereocenters. The number of aliphatic carboxylic acids is 1. The van der Waals surface area contributed by atoms with Crippen LogP contribution >= 0.6 is 0 Å². The molecule has 0 bridgehead atoms. The largest absolute Gasteiger partial charge is 0.481 e. The van der Waals surface area contributed by atoms with Gasteiger partial charge in [0.2, 0.25) is 5.91 Å². The topological polar surface area (TPSA) is 122 Å². The number of carboxylic acid groups (broad SMARTS) is 1. The van der Waals surface area contributed by atoms with E-state index in [9.17, 15) is 14.4 Å². The van der Waals surface area contributed by atoms with Crippen molar-refractivity contribution in [3.8, 4) is 0 Å². The van der Waals surface area contributed by atoms with Gasteiger partial charge in [-0.25, -0.2) is 4.79 Å². The lowest BCUT2D eigenvalue weighted by Crippen LogP contribution is -2.45. The van der Waals surface area contributed by atoms with Crippen LogP contribution in [0.15, 0.2) is 60.7 Å². The monoisotopic (exact) mass is 383 g/mol. The molecule has 148 valence electrons. The van der Waals surface area contributed by atoms with Gasteiger partial charge in [-0.15, -0.1) is 0 Å². The molecular formula is C21H25N3O4. The molecule has 0 radical (unpaired) electrons. The zero-order valence-corrected chi connectivity index (χ0v) is 15.5. The summed E-state index contributed by atoms with van der Waals surface area (Å²) in [5.41, 5.74) is 7.08. The molecule has 0 fully saturated rings. The van der Waals surface area contributed by atoms with E-state index in [4.69, 9.17) is 10.8 Å². The Balaban J connectivity index is 2.04. The fourth-order valence-electron chi connectivity index (χ4n) is 2.95. The van der Waals surface area contributed by atoms with E-state index in [2.05, 4.69) is 10.6 Å². The predicted molar refractivity (Wildman–Crippen MR) is 105 cm³/mol. The molecule has 2 rings (SSSR count).